The van der Waals surface area contributed by atoms with Crippen molar-refractivity contribution in [3.05, 3.63) is 46.6 Å². The molecule has 1 aliphatic heterocycles. The maximum Gasteiger partial charge on any atom is 0.259 e. The molecule has 0 bridgehead atoms. The van der Waals surface area contributed by atoms with Gasteiger partial charge in [-0.2, -0.15) is 0 Å². The molecular formula is C18H24N4O2. The van der Waals surface area contributed by atoms with Crippen LogP contribution in [-0.4, -0.2) is 46.5 Å². The fourth-order valence-corrected chi connectivity index (χ4v) is 3.34. The van der Waals surface area contributed by atoms with Crippen LogP contribution in [0.1, 0.15) is 52.0 Å². The summed E-state index contributed by atoms with van der Waals surface area (Å²) < 4.78 is 5.15. The van der Waals surface area contributed by atoms with Gasteiger partial charge >= 0.3 is 0 Å². The first-order valence-electron chi connectivity index (χ1n) is 8.30. The van der Waals surface area contributed by atoms with Gasteiger partial charge < -0.3 is 14.3 Å². The number of pyridine rings is 1. The van der Waals surface area contributed by atoms with E-state index in [0.717, 1.165) is 31.6 Å². The molecule has 6 nitrogen and oxygen atoms in total. The molecule has 1 aliphatic rings. The second-order valence-electron chi connectivity index (χ2n) is 6.68. The molecule has 6 heteroatoms. The summed E-state index contributed by atoms with van der Waals surface area (Å²) in [6.45, 7) is 5.20. The van der Waals surface area contributed by atoms with Crippen molar-refractivity contribution in [1.82, 2.24) is 19.9 Å². The zero-order valence-corrected chi connectivity index (χ0v) is 14.7. The quantitative estimate of drug-likeness (QED) is 0.863. The molecule has 0 saturated carbocycles. The van der Waals surface area contributed by atoms with Gasteiger partial charge in [0, 0.05) is 19.3 Å². The molecule has 2 aromatic rings. The third-order valence-electron chi connectivity index (χ3n) is 4.45. The van der Waals surface area contributed by atoms with Crippen molar-refractivity contribution >= 4 is 5.91 Å². The second-order valence-corrected chi connectivity index (χ2v) is 6.68. The van der Waals surface area contributed by atoms with E-state index in [9.17, 15) is 4.79 Å². The summed E-state index contributed by atoms with van der Waals surface area (Å²) >= 11 is 0. The van der Waals surface area contributed by atoms with E-state index >= 15 is 0 Å². The molecule has 0 radical (unpaired) electrons. The van der Waals surface area contributed by atoms with Crippen LogP contribution in [0.15, 0.2) is 22.9 Å². The van der Waals surface area contributed by atoms with Crippen molar-refractivity contribution in [2.24, 2.45) is 0 Å². The highest BCUT2D eigenvalue weighted by atomic mass is 16.5. The lowest BCUT2D eigenvalue weighted by Gasteiger charge is -2.24. The van der Waals surface area contributed by atoms with E-state index in [4.69, 9.17) is 4.52 Å². The molecule has 2 aromatic heterocycles. The first-order valence-corrected chi connectivity index (χ1v) is 8.30. The summed E-state index contributed by atoms with van der Waals surface area (Å²) in [6, 6.07) is 4.17. The lowest BCUT2D eigenvalue weighted by molar-refractivity contribution is 0.0730. The zero-order valence-electron chi connectivity index (χ0n) is 14.7. The summed E-state index contributed by atoms with van der Waals surface area (Å²) in [4.78, 5) is 21.6. The van der Waals surface area contributed by atoms with Crippen molar-refractivity contribution in [1.29, 1.82) is 0 Å². The smallest absolute Gasteiger partial charge is 0.259 e. The van der Waals surface area contributed by atoms with Crippen LogP contribution in [0.4, 0.5) is 0 Å². The van der Waals surface area contributed by atoms with E-state index in [1.165, 1.54) is 5.56 Å². The molecule has 1 saturated heterocycles. The van der Waals surface area contributed by atoms with Crippen molar-refractivity contribution in [3.8, 4) is 0 Å². The third kappa shape index (κ3) is 3.19. The Balaban J connectivity index is 1.82. The Morgan fingerprint density at radius 2 is 2.17 bits per heavy atom. The van der Waals surface area contributed by atoms with Crippen LogP contribution < -0.4 is 0 Å². The van der Waals surface area contributed by atoms with Crippen molar-refractivity contribution < 1.29 is 9.32 Å². The number of carbonyl (C=O) groups is 1. The molecule has 0 N–H and O–H groups in total. The molecular weight excluding hydrogens is 304 g/mol. The van der Waals surface area contributed by atoms with E-state index < -0.39 is 0 Å². The van der Waals surface area contributed by atoms with Crippen molar-refractivity contribution in [2.75, 3.05) is 20.6 Å². The molecule has 0 aliphatic carbocycles. The van der Waals surface area contributed by atoms with Crippen molar-refractivity contribution in [3.63, 3.8) is 0 Å². The first kappa shape index (κ1) is 16.6. The van der Waals surface area contributed by atoms with Crippen LogP contribution in [0.25, 0.3) is 0 Å². The Labute approximate surface area is 142 Å². The summed E-state index contributed by atoms with van der Waals surface area (Å²) in [6.07, 6.45) is 3.84. The largest absolute Gasteiger partial charge is 0.361 e. The summed E-state index contributed by atoms with van der Waals surface area (Å²) in [5.41, 5.74) is 3.36. The van der Waals surface area contributed by atoms with Gasteiger partial charge in [0.1, 0.15) is 11.3 Å². The Morgan fingerprint density at radius 1 is 1.38 bits per heavy atom. The minimum Gasteiger partial charge on any atom is -0.361 e. The van der Waals surface area contributed by atoms with Gasteiger partial charge in [-0.1, -0.05) is 11.2 Å². The van der Waals surface area contributed by atoms with Gasteiger partial charge in [-0.25, -0.2) is 0 Å². The van der Waals surface area contributed by atoms with E-state index in [1.807, 2.05) is 38.2 Å². The van der Waals surface area contributed by atoms with E-state index in [2.05, 4.69) is 21.1 Å². The molecule has 1 amide bonds. The molecule has 3 rings (SSSR count). The Kier molecular flexibility index (Phi) is 4.66. The number of aromatic nitrogens is 2. The molecule has 0 spiro atoms. The predicted molar refractivity (Wildman–Crippen MR) is 90.6 cm³/mol. The molecule has 1 atom stereocenters. The van der Waals surface area contributed by atoms with Crippen LogP contribution in [0, 0.1) is 13.8 Å². The second kappa shape index (κ2) is 6.73. The third-order valence-corrected chi connectivity index (χ3v) is 4.45. The SMILES string of the molecule is Cc1noc(C)c1C(=O)N1CCC[C@@H]1c1ccc(CN(C)C)cn1. The van der Waals surface area contributed by atoms with Gasteiger partial charge in [0.05, 0.1) is 17.4 Å². The van der Waals surface area contributed by atoms with E-state index in [-0.39, 0.29) is 11.9 Å². The molecule has 1 fully saturated rings. The van der Waals surface area contributed by atoms with Gasteiger partial charge in [-0.3, -0.25) is 9.78 Å². The van der Waals surface area contributed by atoms with Gasteiger partial charge in [0.25, 0.3) is 5.91 Å². The first-order chi connectivity index (χ1) is 11.5. The lowest BCUT2D eigenvalue weighted by atomic mass is 10.1. The summed E-state index contributed by atoms with van der Waals surface area (Å²) in [7, 11) is 4.07. The number of carbonyl (C=O) groups excluding carboxylic acids is 1. The molecule has 128 valence electrons. The monoisotopic (exact) mass is 328 g/mol. The number of nitrogens with zero attached hydrogens (tertiary/aromatic N) is 4. The van der Waals surface area contributed by atoms with Gasteiger partial charge in [-0.05, 0) is 52.4 Å². The Hall–Kier alpha value is -2.21. The zero-order chi connectivity index (χ0) is 17.3. The van der Waals surface area contributed by atoms with Crippen LogP contribution in [0.5, 0.6) is 0 Å². The van der Waals surface area contributed by atoms with Crippen LogP contribution >= 0.6 is 0 Å². The standard InChI is InChI=1S/C18H24N4O2/c1-12-17(13(2)24-20-12)18(23)22-9-5-6-16(22)15-8-7-14(10-19-15)11-21(3)4/h7-8,10,16H,5-6,9,11H2,1-4H3/t16-/m1/s1. The highest BCUT2D eigenvalue weighted by Gasteiger charge is 2.34. The minimum absolute atomic E-state index is 0.00656. The fourth-order valence-electron chi connectivity index (χ4n) is 3.34. The highest BCUT2D eigenvalue weighted by Crippen LogP contribution is 2.33. The van der Waals surface area contributed by atoms with Crippen LogP contribution in [-0.2, 0) is 6.54 Å². The van der Waals surface area contributed by atoms with Gasteiger partial charge in [0.2, 0.25) is 0 Å². The molecule has 0 aromatic carbocycles. The predicted octanol–water partition coefficient (Wildman–Crippen LogP) is 2.73. The molecule has 3 heterocycles. The molecule has 24 heavy (non-hydrogen) atoms. The Morgan fingerprint density at radius 3 is 2.75 bits per heavy atom. The van der Waals surface area contributed by atoms with E-state index in [1.54, 1.807) is 6.92 Å². The number of hydrogen-bond acceptors (Lipinski definition) is 5. The minimum atomic E-state index is -0.00656. The van der Waals surface area contributed by atoms with Gasteiger partial charge in [0.15, 0.2) is 0 Å². The fraction of sp³-hybridized carbons (Fsp3) is 0.500. The number of aryl methyl sites for hydroxylation is 2. The average molecular weight is 328 g/mol. The molecule has 0 unspecified atom stereocenters. The maximum absolute atomic E-state index is 12.9. The Bertz CT molecular complexity index is 702. The number of hydrogen-bond donors (Lipinski definition) is 0. The normalized spacial score (nSPS) is 17.7. The topological polar surface area (TPSA) is 62.5 Å². The van der Waals surface area contributed by atoms with Gasteiger partial charge in [-0.15, -0.1) is 0 Å². The van der Waals surface area contributed by atoms with Crippen LogP contribution in [0.3, 0.4) is 0 Å². The maximum atomic E-state index is 12.9. The summed E-state index contributed by atoms with van der Waals surface area (Å²) in [5.74, 6) is 0.574. The number of rotatable bonds is 4. The highest BCUT2D eigenvalue weighted by molar-refractivity contribution is 5.96. The average Bonchev–Trinajstić information content (AvgIpc) is 3.14. The summed E-state index contributed by atoms with van der Waals surface area (Å²) in [5, 5.41) is 3.90. The number of likely N-dealkylation sites (tertiary alicyclic amines) is 1. The van der Waals surface area contributed by atoms with Crippen LogP contribution in [0.2, 0.25) is 0 Å². The van der Waals surface area contributed by atoms with Crippen molar-refractivity contribution in [2.45, 2.75) is 39.3 Å². The number of amides is 1. The van der Waals surface area contributed by atoms with E-state index in [0.29, 0.717) is 17.0 Å². The lowest BCUT2D eigenvalue weighted by Crippen LogP contribution is -2.31.